The van der Waals surface area contributed by atoms with Crippen molar-refractivity contribution >= 4 is 23.1 Å². The number of nitrogens with two attached hydrogens (primary N) is 1. The van der Waals surface area contributed by atoms with Crippen LogP contribution in [0.25, 0.3) is 0 Å². The van der Waals surface area contributed by atoms with Gasteiger partial charge in [-0.3, -0.25) is 0 Å². The summed E-state index contributed by atoms with van der Waals surface area (Å²) in [6.45, 7) is 9.57. The Kier molecular flexibility index (Phi) is 4.50. The third-order valence-electron chi connectivity index (χ3n) is 3.18. The Labute approximate surface area is 120 Å². The largest absolute Gasteiger partial charge is 0.493 e. The molecule has 19 heavy (non-hydrogen) atoms. The second-order valence-corrected chi connectivity index (χ2v) is 7.44. The fourth-order valence-electron chi connectivity index (χ4n) is 2.33. The van der Waals surface area contributed by atoms with Crippen LogP contribution in [0.4, 0.5) is 11.4 Å². The highest BCUT2D eigenvalue weighted by atomic mass is 32.2. The lowest BCUT2D eigenvalue weighted by atomic mass is 10.1. The monoisotopic (exact) mass is 280 g/mol. The van der Waals surface area contributed by atoms with Gasteiger partial charge in [0.05, 0.1) is 6.61 Å². The molecule has 4 heteroatoms. The number of hydrogen-bond donors (Lipinski definition) is 1. The zero-order valence-electron chi connectivity index (χ0n) is 12.1. The lowest BCUT2D eigenvalue weighted by Crippen LogP contribution is -2.43. The predicted molar refractivity (Wildman–Crippen MR) is 85.4 cm³/mol. The van der Waals surface area contributed by atoms with E-state index in [-0.39, 0.29) is 0 Å². The number of thioether (sulfide) groups is 1. The molecular weight excluding hydrogens is 256 g/mol. The van der Waals surface area contributed by atoms with Crippen molar-refractivity contribution in [2.24, 2.45) is 0 Å². The number of nitrogen functional groups attached to an aromatic ring is 1. The summed E-state index contributed by atoms with van der Waals surface area (Å²) in [5.41, 5.74) is 7.95. The van der Waals surface area contributed by atoms with Crippen LogP contribution in [0, 0.1) is 0 Å². The molecule has 0 atom stereocenters. The number of benzene rings is 1. The Morgan fingerprint density at radius 3 is 2.84 bits per heavy atom. The van der Waals surface area contributed by atoms with Gasteiger partial charge < -0.3 is 15.4 Å². The normalized spacial score (nSPS) is 18.4. The number of nitrogens with zero attached hydrogens (tertiary/aromatic N) is 1. The first-order valence-electron chi connectivity index (χ1n) is 6.92. The average molecular weight is 280 g/mol. The summed E-state index contributed by atoms with van der Waals surface area (Å²) in [4.78, 5) is 2.41. The number of anilines is 2. The average Bonchev–Trinajstić information content (AvgIpc) is 2.34. The second kappa shape index (κ2) is 5.95. The van der Waals surface area contributed by atoms with Crippen LogP contribution in [0.1, 0.15) is 27.2 Å². The highest BCUT2D eigenvalue weighted by Gasteiger charge is 2.27. The van der Waals surface area contributed by atoms with E-state index in [0.29, 0.717) is 4.75 Å². The minimum atomic E-state index is 0.299. The van der Waals surface area contributed by atoms with Gasteiger partial charge in [-0.2, -0.15) is 11.8 Å². The Morgan fingerprint density at radius 1 is 1.37 bits per heavy atom. The van der Waals surface area contributed by atoms with E-state index in [0.717, 1.165) is 43.3 Å². The molecule has 0 amide bonds. The third-order valence-corrected chi connectivity index (χ3v) is 4.47. The Balaban J connectivity index is 2.16. The molecule has 1 aliphatic rings. The third kappa shape index (κ3) is 3.96. The molecule has 0 saturated carbocycles. The van der Waals surface area contributed by atoms with E-state index in [4.69, 9.17) is 10.5 Å². The SMILES string of the molecule is CCCOc1cc(N)cc(N2CCSC(C)(C)C2)c1. The summed E-state index contributed by atoms with van der Waals surface area (Å²) in [5, 5.41) is 0. The highest BCUT2D eigenvalue weighted by Crippen LogP contribution is 2.34. The number of rotatable bonds is 4. The Morgan fingerprint density at radius 2 is 2.16 bits per heavy atom. The summed E-state index contributed by atoms with van der Waals surface area (Å²) in [5.74, 6) is 2.04. The smallest absolute Gasteiger partial charge is 0.123 e. The van der Waals surface area contributed by atoms with Crippen LogP contribution in [0.2, 0.25) is 0 Å². The maximum absolute atomic E-state index is 5.99. The molecular formula is C15H24N2OS. The van der Waals surface area contributed by atoms with Gasteiger partial charge in [0, 0.05) is 47.1 Å². The molecule has 3 nitrogen and oxygen atoms in total. The van der Waals surface area contributed by atoms with Gasteiger partial charge in [0.2, 0.25) is 0 Å². The van der Waals surface area contributed by atoms with Crippen molar-refractivity contribution in [1.82, 2.24) is 0 Å². The summed E-state index contributed by atoms with van der Waals surface area (Å²) in [6, 6.07) is 6.06. The van der Waals surface area contributed by atoms with E-state index in [9.17, 15) is 0 Å². The molecule has 1 aliphatic heterocycles. The molecule has 0 bridgehead atoms. The first kappa shape index (κ1) is 14.4. The predicted octanol–water partition coefficient (Wildman–Crippen LogP) is 3.39. The highest BCUT2D eigenvalue weighted by molar-refractivity contribution is 8.00. The molecule has 0 radical (unpaired) electrons. The zero-order chi connectivity index (χ0) is 13.9. The minimum Gasteiger partial charge on any atom is -0.493 e. The summed E-state index contributed by atoms with van der Waals surface area (Å²) >= 11 is 2.04. The molecule has 1 heterocycles. The molecule has 1 fully saturated rings. The molecule has 0 aromatic heterocycles. The topological polar surface area (TPSA) is 38.5 Å². The van der Waals surface area contributed by atoms with Crippen molar-refractivity contribution in [1.29, 1.82) is 0 Å². The molecule has 2 N–H and O–H groups in total. The molecule has 1 aromatic carbocycles. The quantitative estimate of drug-likeness (QED) is 0.858. The van der Waals surface area contributed by atoms with Crippen LogP contribution in [0.3, 0.4) is 0 Å². The number of ether oxygens (including phenoxy) is 1. The molecule has 0 unspecified atom stereocenters. The molecule has 0 spiro atoms. The van der Waals surface area contributed by atoms with Gasteiger partial charge in [-0.15, -0.1) is 0 Å². The van der Waals surface area contributed by atoms with Gasteiger partial charge >= 0.3 is 0 Å². The summed E-state index contributed by atoms with van der Waals surface area (Å²) in [7, 11) is 0. The van der Waals surface area contributed by atoms with E-state index in [1.165, 1.54) is 5.69 Å². The molecule has 1 saturated heterocycles. The van der Waals surface area contributed by atoms with Gasteiger partial charge in [0.1, 0.15) is 5.75 Å². The van der Waals surface area contributed by atoms with E-state index < -0.39 is 0 Å². The van der Waals surface area contributed by atoms with E-state index in [2.05, 4.69) is 31.7 Å². The van der Waals surface area contributed by atoms with Crippen molar-refractivity contribution in [3.8, 4) is 5.75 Å². The van der Waals surface area contributed by atoms with Gasteiger partial charge in [-0.1, -0.05) is 6.92 Å². The fraction of sp³-hybridized carbons (Fsp3) is 0.600. The first-order chi connectivity index (χ1) is 9.00. The summed E-state index contributed by atoms with van der Waals surface area (Å²) in [6.07, 6.45) is 1.01. The fourth-order valence-corrected chi connectivity index (χ4v) is 3.44. The van der Waals surface area contributed by atoms with Crippen LogP contribution < -0.4 is 15.4 Å². The van der Waals surface area contributed by atoms with Crippen LogP contribution in [0.5, 0.6) is 5.75 Å². The maximum Gasteiger partial charge on any atom is 0.123 e. The first-order valence-corrected chi connectivity index (χ1v) is 7.91. The van der Waals surface area contributed by atoms with Crippen LogP contribution in [0.15, 0.2) is 18.2 Å². The van der Waals surface area contributed by atoms with Crippen molar-refractivity contribution in [2.45, 2.75) is 31.9 Å². The van der Waals surface area contributed by atoms with Gasteiger partial charge in [-0.05, 0) is 26.3 Å². The van der Waals surface area contributed by atoms with E-state index in [1.54, 1.807) is 0 Å². The van der Waals surface area contributed by atoms with E-state index in [1.807, 2.05) is 23.9 Å². The summed E-state index contributed by atoms with van der Waals surface area (Å²) < 4.78 is 6.01. The second-order valence-electron chi connectivity index (χ2n) is 5.64. The lowest BCUT2D eigenvalue weighted by Gasteiger charge is -2.39. The maximum atomic E-state index is 5.99. The Bertz CT molecular complexity index is 434. The van der Waals surface area contributed by atoms with Crippen LogP contribution >= 0.6 is 11.8 Å². The molecule has 2 rings (SSSR count). The van der Waals surface area contributed by atoms with Crippen molar-refractivity contribution in [2.75, 3.05) is 36.1 Å². The van der Waals surface area contributed by atoms with Crippen molar-refractivity contribution in [3.63, 3.8) is 0 Å². The van der Waals surface area contributed by atoms with Crippen molar-refractivity contribution in [3.05, 3.63) is 18.2 Å². The van der Waals surface area contributed by atoms with Crippen LogP contribution in [-0.2, 0) is 0 Å². The van der Waals surface area contributed by atoms with Gasteiger partial charge in [0.15, 0.2) is 0 Å². The standard InChI is InChI=1S/C15H24N2OS/c1-4-6-18-14-9-12(16)8-13(10-14)17-5-7-19-15(2,3)11-17/h8-10H,4-7,11,16H2,1-3H3. The number of hydrogen-bond acceptors (Lipinski definition) is 4. The van der Waals surface area contributed by atoms with Gasteiger partial charge in [0.25, 0.3) is 0 Å². The zero-order valence-corrected chi connectivity index (χ0v) is 12.9. The van der Waals surface area contributed by atoms with Crippen LogP contribution in [-0.4, -0.2) is 30.2 Å². The minimum absolute atomic E-state index is 0.299. The van der Waals surface area contributed by atoms with E-state index >= 15 is 0 Å². The molecule has 1 aromatic rings. The molecule has 106 valence electrons. The molecule has 0 aliphatic carbocycles. The Hall–Kier alpha value is -1.03. The van der Waals surface area contributed by atoms with Gasteiger partial charge in [-0.25, -0.2) is 0 Å². The van der Waals surface area contributed by atoms with Crippen molar-refractivity contribution < 1.29 is 4.74 Å². The lowest BCUT2D eigenvalue weighted by molar-refractivity contribution is 0.317.